The molecule has 1 rings (SSSR count). The van der Waals surface area contributed by atoms with E-state index in [0.717, 1.165) is 6.42 Å². The Labute approximate surface area is 82.2 Å². The second-order valence-corrected chi connectivity index (χ2v) is 2.89. The normalized spacial score (nSPS) is 12.1. The Balaban J connectivity index is 2.63. The lowest BCUT2D eigenvalue weighted by Gasteiger charge is -2.13. The predicted molar refractivity (Wildman–Crippen MR) is 52.2 cm³/mol. The third kappa shape index (κ3) is 2.77. The fraction of sp³-hybridized carbons (Fsp3) is 0.444. The Morgan fingerprint density at radius 1 is 1.57 bits per heavy atom. The third-order valence-corrected chi connectivity index (χ3v) is 1.85. The summed E-state index contributed by atoms with van der Waals surface area (Å²) in [7, 11) is 0. The van der Waals surface area contributed by atoms with Crippen molar-refractivity contribution in [3.8, 4) is 0 Å². The van der Waals surface area contributed by atoms with E-state index < -0.39 is 0 Å². The number of carbonyl (C=O) groups excluding carboxylic acids is 1. The number of nitrogens with zero attached hydrogens (tertiary/aromatic N) is 2. The summed E-state index contributed by atoms with van der Waals surface area (Å²) >= 11 is 0. The highest BCUT2D eigenvalue weighted by Gasteiger charge is 2.05. The van der Waals surface area contributed by atoms with Crippen LogP contribution >= 0.6 is 0 Å². The summed E-state index contributed by atoms with van der Waals surface area (Å²) in [4.78, 5) is 18.2. The summed E-state index contributed by atoms with van der Waals surface area (Å²) in [6.07, 6.45) is 4.35. The van der Waals surface area contributed by atoms with Gasteiger partial charge in [-0.15, -0.1) is 0 Å². The van der Waals surface area contributed by atoms with Crippen LogP contribution in [0, 0.1) is 0 Å². The smallest absolute Gasteiger partial charge is 0.222 e. The average molecular weight is 195 g/mol. The van der Waals surface area contributed by atoms with Gasteiger partial charge in [-0.05, 0) is 6.42 Å². The van der Waals surface area contributed by atoms with Crippen LogP contribution in [-0.2, 0) is 0 Å². The summed E-state index contributed by atoms with van der Waals surface area (Å²) in [6, 6.07) is -0.0444. The van der Waals surface area contributed by atoms with E-state index in [4.69, 9.17) is 5.11 Å². The number of aromatic nitrogens is 2. The molecule has 1 aromatic heterocycles. The quantitative estimate of drug-likeness (QED) is 0.668. The first-order valence-corrected chi connectivity index (χ1v) is 4.44. The van der Waals surface area contributed by atoms with Gasteiger partial charge in [0.25, 0.3) is 0 Å². The van der Waals surface area contributed by atoms with Crippen LogP contribution < -0.4 is 5.32 Å². The van der Waals surface area contributed by atoms with E-state index in [1.165, 1.54) is 12.4 Å². The molecule has 0 spiro atoms. The molecule has 76 valence electrons. The highest BCUT2D eigenvalue weighted by atomic mass is 16.3. The fourth-order valence-electron chi connectivity index (χ4n) is 0.933. The molecule has 0 fully saturated rings. The Hall–Kier alpha value is -1.49. The molecule has 0 aliphatic heterocycles. The zero-order chi connectivity index (χ0) is 10.4. The van der Waals surface area contributed by atoms with Crippen molar-refractivity contribution in [2.45, 2.75) is 19.4 Å². The molecule has 0 radical (unpaired) electrons. The van der Waals surface area contributed by atoms with E-state index in [2.05, 4.69) is 15.3 Å². The molecular formula is C9H13N3O2. The number of anilines is 1. The largest absolute Gasteiger partial charge is 0.394 e. The predicted octanol–water partition coefficient (Wildman–Crippen LogP) is 0.472. The van der Waals surface area contributed by atoms with Gasteiger partial charge in [0.15, 0.2) is 6.29 Å². The van der Waals surface area contributed by atoms with Crippen molar-refractivity contribution in [1.82, 2.24) is 9.97 Å². The number of aliphatic hydroxyl groups excluding tert-OH is 1. The monoisotopic (exact) mass is 195 g/mol. The maximum absolute atomic E-state index is 10.3. The van der Waals surface area contributed by atoms with Crippen molar-refractivity contribution < 1.29 is 9.90 Å². The molecule has 0 amide bonds. The van der Waals surface area contributed by atoms with Crippen molar-refractivity contribution in [2.75, 3.05) is 11.9 Å². The average Bonchev–Trinajstić information content (AvgIpc) is 2.26. The van der Waals surface area contributed by atoms with Crippen LogP contribution in [0.5, 0.6) is 0 Å². The molecular weight excluding hydrogens is 182 g/mol. The van der Waals surface area contributed by atoms with Gasteiger partial charge in [0, 0.05) is 12.4 Å². The molecule has 0 aliphatic rings. The molecule has 5 nitrogen and oxygen atoms in total. The van der Waals surface area contributed by atoms with E-state index in [9.17, 15) is 4.79 Å². The van der Waals surface area contributed by atoms with Gasteiger partial charge < -0.3 is 10.4 Å². The Kier molecular flexibility index (Phi) is 4.00. The Morgan fingerprint density at radius 3 is 2.64 bits per heavy atom. The Morgan fingerprint density at radius 2 is 2.21 bits per heavy atom. The molecule has 2 N–H and O–H groups in total. The van der Waals surface area contributed by atoms with Gasteiger partial charge in [-0.25, -0.2) is 9.97 Å². The van der Waals surface area contributed by atoms with Gasteiger partial charge in [0.1, 0.15) is 0 Å². The van der Waals surface area contributed by atoms with Gasteiger partial charge in [-0.3, -0.25) is 4.79 Å². The molecule has 0 aliphatic carbocycles. The maximum Gasteiger partial charge on any atom is 0.222 e. The molecule has 1 aromatic rings. The lowest BCUT2D eigenvalue weighted by Crippen LogP contribution is -2.23. The highest BCUT2D eigenvalue weighted by molar-refractivity contribution is 5.73. The van der Waals surface area contributed by atoms with Crippen LogP contribution in [0.15, 0.2) is 12.4 Å². The van der Waals surface area contributed by atoms with Gasteiger partial charge >= 0.3 is 0 Å². The van der Waals surface area contributed by atoms with Gasteiger partial charge in [0.2, 0.25) is 5.95 Å². The third-order valence-electron chi connectivity index (χ3n) is 1.85. The molecule has 0 aromatic carbocycles. The van der Waals surface area contributed by atoms with Crippen molar-refractivity contribution in [2.24, 2.45) is 0 Å². The van der Waals surface area contributed by atoms with Crippen molar-refractivity contribution >= 4 is 12.2 Å². The van der Waals surface area contributed by atoms with Gasteiger partial charge in [0.05, 0.1) is 18.2 Å². The second-order valence-electron chi connectivity index (χ2n) is 2.89. The molecule has 0 bridgehead atoms. The number of nitrogens with one attached hydrogen (secondary N) is 1. The first-order valence-electron chi connectivity index (χ1n) is 4.44. The SMILES string of the molecule is CCC(CO)Nc1ncc(C=O)cn1. The summed E-state index contributed by atoms with van der Waals surface area (Å²) in [5, 5.41) is 11.9. The number of hydrogen-bond donors (Lipinski definition) is 2. The van der Waals surface area contributed by atoms with Crippen LogP contribution in [0.4, 0.5) is 5.95 Å². The Bertz CT molecular complexity index is 283. The zero-order valence-corrected chi connectivity index (χ0v) is 7.97. The van der Waals surface area contributed by atoms with Crippen LogP contribution in [0.2, 0.25) is 0 Å². The van der Waals surface area contributed by atoms with Gasteiger partial charge in [-0.1, -0.05) is 6.92 Å². The molecule has 1 heterocycles. The van der Waals surface area contributed by atoms with E-state index in [0.29, 0.717) is 17.8 Å². The fourth-order valence-corrected chi connectivity index (χ4v) is 0.933. The number of aliphatic hydroxyl groups is 1. The van der Waals surface area contributed by atoms with Crippen molar-refractivity contribution in [3.05, 3.63) is 18.0 Å². The second kappa shape index (κ2) is 5.29. The molecule has 0 saturated carbocycles. The minimum atomic E-state index is -0.0444. The van der Waals surface area contributed by atoms with E-state index in [-0.39, 0.29) is 12.6 Å². The minimum Gasteiger partial charge on any atom is -0.394 e. The first-order chi connectivity index (χ1) is 6.80. The standard InChI is InChI=1S/C9H13N3O2/c1-2-8(6-14)12-9-10-3-7(5-13)4-11-9/h3-5,8,14H,2,6H2,1H3,(H,10,11,12). The number of rotatable bonds is 5. The molecule has 14 heavy (non-hydrogen) atoms. The highest BCUT2D eigenvalue weighted by Crippen LogP contribution is 2.02. The lowest BCUT2D eigenvalue weighted by atomic mass is 10.2. The lowest BCUT2D eigenvalue weighted by molar-refractivity contribution is 0.112. The summed E-state index contributed by atoms with van der Waals surface area (Å²) < 4.78 is 0. The maximum atomic E-state index is 10.3. The summed E-state index contributed by atoms with van der Waals surface area (Å²) in [6.45, 7) is 1.99. The van der Waals surface area contributed by atoms with E-state index in [1.54, 1.807) is 0 Å². The molecule has 5 heteroatoms. The summed E-state index contributed by atoms with van der Waals surface area (Å²) in [5.41, 5.74) is 0.438. The zero-order valence-electron chi connectivity index (χ0n) is 7.97. The number of aldehydes is 1. The van der Waals surface area contributed by atoms with Crippen molar-refractivity contribution in [3.63, 3.8) is 0 Å². The van der Waals surface area contributed by atoms with Crippen molar-refractivity contribution in [1.29, 1.82) is 0 Å². The first kappa shape index (κ1) is 10.6. The minimum absolute atomic E-state index is 0.0370. The molecule has 1 unspecified atom stereocenters. The molecule has 1 atom stereocenters. The van der Waals surface area contributed by atoms with Gasteiger partial charge in [-0.2, -0.15) is 0 Å². The topological polar surface area (TPSA) is 75.1 Å². The van der Waals surface area contributed by atoms with E-state index >= 15 is 0 Å². The number of hydrogen-bond acceptors (Lipinski definition) is 5. The number of carbonyl (C=O) groups is 1. The van der Waals surface area contributed by atoms with Crippen LogP contribution in [0.3, 0.4) is 0 Å². The molecule has 0 saturated heterocycles. The van der Waals surface area contributed by atoms with E-state index in [1.807, 2.05) is 6.92 Å². The van der Waals surface area contributed by atoms with Crippen LogP contribution in [0.25, 0.3) is 0 Å². The van der Waals surface area contributed by atoms with Crippen LogP contribution in [0.1, 0.15) is 23.7 Å². The summed E-state index contributed by atoms with van der Waals surface area (Å²) in [5.74, 6) is 0.427. The van der Waals surface area contributed by atoms with Crippen LogP contribution in [-0.4, -0.2) is 34.0 Å².